The van der Waals surface area contributed by atoms with Crippen LogP contribution in [0.15, 0.2) is 48.7 Å². The van der Waals surface area contributed by atoms with Gasteiger partial charge in [0.15, 0.2) is 0 Å². The number of likely N-dealkylation sites (tertiary alicyclic amines) is 1. The first-order chi connectivity index (χ1) is 17.0. The third kappa shape index (κ3) is 4.35. The van der Waals surface area contributed by atoms with E-state index in [9.17, 15) is 9.59 Å². The van der Waals surface area contributed by atoms with Gasteiger partial charge < -0.3 is 29.1 Å². The summed E-state index contributed by atoms with van der Waals surface area (Å²) in [6.45, 7) is 4.28. The van der Waals surface area contributed by atoms with Crippen LogP contribution in [0, 0.1) is 6.92 Å². The number of pyridine rings is 1. The number of benzene rings is 1. The standard InChI is InChI=1S/C26H29N5O4/c1-17-24(22-14-18-6-3-4-8-21(18)31(22)12-13-34-2)28-23-15-19(9-11-30(17)23)25(32)29-10-5-7-20(16-29)35-26(27)33/h3-4,6,8-9,11,14-15,20H,5,7,10,12-13,16H2,1-2H3,(H2,27,33)/t20-/m1/s1. The Kier molecular flexibility index (Phi) is 6.17. The van der Waals surface area contributed by atoms with Crippen LogP contribution < -0.4 is 5.73 Å². The third-order valence-corrected chi connectivity index (χ3v) is 6.63. The predicted molar refractivity (Wildman–Crippen MR) is 132 cm³/mol. The van der Waals surface area contributed by atoms with E-state index in [1.165, 1.54) is 0 Å². The minimum absolute atomic E-state index is 0.110. The van der Waals surface area contributed by atoms with Crippen molar-refractivity contribution in [3.05, 3.63) is 59.9 Å². The van der Waals surface area contributed by atoms with E-state index in [-0.39, 0.29) is 12.0 Å². The number of hydrogen-bond donors (Lipinski definition) is 1. The summed E-state index contributed by atoms with van der Waals surface area (Å²) in [6.07, 6.45) is 2.16. The first kappa shape index (κ1) is 22.9. The number of nitrogens with two attached hydrogens (primary N) is 1. The average Bonchev–Trinajstić information content (AvgIpc) is 3.38. The lowest BCUT2D eigenvalue weighted by Gasteiger charge is -2.32. The van der Waals surface area contributed by atoms with E-state index >= 15 is 0 Å². The second-order valence-corrected chi connectivity index (χ2v) is 8.87. The first-order valence-corrected chi connectivity index (χ1v) is 11.8. The van der Waals surface area contributed by atoms with Gasteiger partial charge in [-0.05, 0) is 44.0 Å². The van der Waals surface area contributed by atoms with Crippen LogP contribution in [0.2, 0.25) is 0 Å². The molecule has 0 bridgehead atoms. The van der Waals surface area contributed by atoms with Crippen LogP contribution in [-0.4, -0.2) is 63.8 Å². The summed E-state index contributed by atoms with van der Waals surface area (Å²) in [5.74, 6) is -0.110. The minimum Gasteiger partial charge on any atom is -0.445 e. The number of aryl methyl sites for hydroxylation is 1. The summed E-state index contributed by atoms with van der Waals surface area (Å²) in [5, 5.41) is 1.14. The number of fused-ring (bicyclic) bond motifs is 2. The number of carbonyl (C=O) groups excluding carboxylic acids is 2. The fourth-order valence-electron chi connectivity index (χ4n) is 4.94. The fourth-order valence-corrected chi connectivity index (χ4v) is 4.94. The summed E-state index contributed by atoms with van der Waals surface area (Å²) < 4.78 is 14.7. The van der Waals surface area contributed by atoms with Gasteiger partial charge in [0.2, 0.25) is 0 Å². The molecule has 0 unspecified atom stereocenters. The van der Waals surface area contributed by atoms with Crippen molar-refractivity contribution in [1.82, 2.24) is 18.9 Å². The van der Waals surface area contributed by atoms with Gasteiger partial charge in [-0.1, -0.05) is 18.2 Å². The van der Waals surface area contributed by atoms with Crippen LogP contribution in [0.4, 0.5) is 4.79 Å². The van der Waals surface area contributed by atoms with E-state index in [2.05, 4.69) is 22.8 Å². The number of rotatable bonds is 6. The Labute approximate surface area is 203 Å². The van der Waals surface area contributed by atoms with Gasteiger partial charge in [-0.15, -0.1) is 0 Å². The molecule has 35 heavy (non-hydrogen) atoms. The first-order valence-electron chi connectivity index (χ1n) is 11.8. The van der Waals surface area contributed by atoms with Gasteiger partial charge in [0.1, 0.15) is 17.4 Å². The van der Waals surface area contributed by atoms with Gasteiger partial charge in [0.25, 0.3) is 5.91 Å². The summed E-state index contributed by atoms with van der Waals surface area (Å²) in [5.41, 5.74) is 10.4. The number of para-hydroxylation sites is 1. The van der Waals surface area contributed by atoms with Gasteiger partial charge in [-0.3, -0.25) is 4.79 Å². The molecule has 9 heteroatoms. The van der Waals surface area contributed by atoms with Crippen molar-refractivity contribution in [2.75, 3.05) is 26.8 Å². The maximum Gasteiger partial charge on any atom is 0.404 e. The summed E-state index contributed by atoms with van der Waals surface area (Å²) in [6, 6.07) is 14.0. The molecular formula is C26H29N5O4. The Morgan fingerprint density at radius 3 is 2.83 bits per heavy atom. The van der Waals surface area contributed by atoms with E-state index in [0.29, 0.717) is 43.9 Å². The number of piperidine rings is 1. The summed E-state index contributed by atoms with van der Waals surface area (Å²) in [7, 11) is 1.70. The molecule has 5 rings (SSSR count). The Morgan fingerprint density at radius 2 is 2.03 bits per heavy atom. The van der Waals surface area contributed by atoms with Crippen molar-refractivity contribution in [3.63, 3.8) is 0 Å². The lowest BCUT2D eigenvalue weighted by atomic mass is 10.1. The SMILES string of the molecule is COCCn1c(-c2nc3cc(C(=O)N4CCC[C@@H](OC(N)=O)C4)ccn3c2C)cc2ccccc21. The molecule has 2 amide bonds. The van der Waals surface area contributed by atoms with Crippen molar-refractivity contribution in [2.24, 2.45) is 5.73 Å². The van der Waals surface area contributed by atoms with Crippen LogP contribution in [0.1, 0.15) is 28.9 Å². The quantitative estimate of drug-likeness (QED) is 0.459. The molecule has 0 radical (unpaired) electrons. The number of methoxy groups -OCH3 is 1. The van der Waals surface area contributed by atoms with Gasteiger partial charge in [0, 0.05) is 48.6 Å². The molecule has 4 aromatic rings. The van der Waals surface area contributed by atoms with Crippen molar-refractivity contribution in [3.8, 4) is 11.4 Å². The Morgan fingerprint density at radius 1 is 1.20 bits per heavy atom. The third-order valence-electron chi connectivity index (χ3n) is 6.63. The Hall–Kier alpha value is -3.85. The van der Waals surface area contributed by atoms with Crippen molar-refractivity contribution >= 4 is 28.6 Å². The van der Waals surface area contributed by atoms with Crippen LogP contribution in [0.5, 0.6) is 0 Å². The average molecular weight is 476 g/mol. The summed E-state index contributed by atoms with van der Waals surface area (Å²) >= 11 is 0. The second-order valence-electron chi connectivity index (χ2n) is 8.87. The Balaban J connectivity index is 1.49. The fraction of sp³-hybridized carbons (Fsp3) is 0.346. The van der Waals surface area contributed by atoms with E-state index in [4.69, 9.17) is 20.2 Å². The molecule has 182 valence electrons. The number of imidazole rings is 1. The molecule has 1 aliphatic rings. The highest BCUT2D eigenvalue weighted by Crippen LogP contribution is 2.31. The van der Waals surface area contributed by atoms with Crippen LogP contribution in [-0.2, 0) is 16.0 Å². The van der Waals surface area contributed by atoms with Crippen molar-refractivity contribution < 1.29 is 19.1 Å². The summed E-state index contributed by atoms with van der Waals surface area (Å²) in [4.78, 5) is 31.0. The van der Waals surface area contributed by atoms with E-state index in [0.717, 1.165) is 34.4 Å². The molecule has 0 saturated carbocycles. The van der Waals surface area contributed by atoms with Gasteiger partial charge in [0.05, 0.1) is 18.8 Å². The molecule has 1 atom stereocenters. The number of aromatic nitrogens is 3. The minimum atomic E-state index is -0.811. The number of ether oxygens (including phenoxy) is 2. The van der Waals surface area contributed by atoms with Crippen LogP contribution in [0.3, 0.4) is 0 Å². The molecule has 1 aromatic carbocycles. The monoisotopic (exact) mass is 475 g/mol. The molecule has 2 N–H and O–H groups in total. The molecule has 3 aromatic heterocycles. The van der Waals surface area contributed by atoms with E-state index in [1.54, 1.807) is 12.0 Å². The molecule has 1 fully saturated rings. The van der Waals surface area contributed by atoms with E-state index < -0.39 is 6.09 Å². The number of nitrogens with zero attached hydrogens (tertiary/aromatic N) is 4. The zero-order valence-corrected chi connectivity index (χ0v) is 19.9. The highest BCUT2D eigenvalue weighted by Gasteiger charge is 2.27. The predicted octanol–water partition coefficient (Wildman–Crippen LogP) is 3.61. The number of primary amides is 1. The van der Waals surface area contributed by atoms with Crippen LogP contribution in [0.25, 0.3) is 27.9 Å². The largest absolute Gasteiger partial charge is 0.445 e. The lowest BCUT2D eigenvalue weighted by Crippen LogP contribution is -2.44. The zero-order chi connectivity index (χ0) is 24.5. The van der Waals surface area contributed by atoms with Gasteiger partial charge >= 0.3 is 6.09 Å². The van der Waals surface area contributed by atoms with Crippen LogP contribution >= 0.6 is 0 Å². The molecular weight excluding hydrogens is 446 g/mol. The molecule has 4 heterocycles. The zero-order valence-electron chi connectivity index (χ0n) is 19.9. The number of amides is 2. The molecule has 1 aliphatic heterocycles. The molecule has 0 spiro atoms. The molecule has 0 aliphatic carbocycles. The molecule has 9 nitrogen and oxygen atoms in total. The second kappa shape index (κ2) is 9.42. The smallest absolute Gasteiger partial charge is 0.404 e. The normalized spacial score (nSPS) is 16.2. The molecule has 1 saturated heterocycles. The maximum absolute atomic E-state index is 13.2. The van der Waals surface area contributed by atoms with Gasteiger partial charge in [-0.2, -0.15) is 0 Å². The topological polar surface area (TPSA) is 104 Å². The maximum atomic E-state index is 13.2. The van der Waals surface area contributed by atoms with Gasteiger partial charge in [-0.25, -0.2) is 9.78 Å². The lowest BCUT2D eigenvalue weighted by molar-refractivity contribution is 0.0373. The number of carbonyl (C=O) groups is 2. The van der Waals surface area contributed by atoms with Crippen molar-refractivity contribution in [2.45, 2.75) is 32.4 Å². The van der Waals surface area contributed by atoms with E-state index in [1.807, 2.05) is 41.8 Å². The Bertz CT molecular complexity index is 1410. The highest BCUT2D eigenvalue weighted by molar-refractivity contribution is 5.95. The highest BCUT2D eigenvalue weighted by atomic mass is 16.6. The number of hydrogen-bond acceptors (Lipinski definition) is 5. The van der Waals surface area contributed by atoms with Crippen molar-refractivity contribution in [1.29, 1.82) is 0 Å².